The first-order valence-corrected chi connectivity index (χ1v) is 12.8. The van der Waals surface area contributed by atoms with Gasteiger partial charge >= 0.3 is 0 Å². The number of benzene rings is 3. The highest BCUT2D eigenvalue weighted by Gasteiger charge is 2.41. The Morgan fingerprint density at radius 3 is 2.59 bits per heavy atom. The van der Waals surface area contributed by atoms with Gasteiger partial charge in [0.25, 0.3) is 5.91 Å². The number of fused-ring (bicyclic) bond motifs is 2. The molecule has 1 aromatic heterocycles. The second-order valence-electron chi connectivity index (χ2n) is 10.1. The molecule has 186 valence electrons. The Morgan fingerprint density at radius 2 is 1.84 bits per heavy atom. The molecule has 0 bridgehead atoms. The highest BCUT2D eigenvalue weighted by atomic mass is 35.5. The first-order valence-electron chi connectivity index (χ1n) is 12.4. The molecule has 2 aliphatic carbocycles. The van der Waals surface area contributed by atoms with Crippen LogP contribution in [0.2, 0.25) is 5.02 Å². The molecule has 0 saturated carbocycles. The number of allylic oxidation sites excluding steroid dienone is 1. The van der Waals surface area contributed by atoms with E-state index in [0.717, 1.165) is 24.1 Å². The Hall–Kier alpha value is -3.77. The van der Waals surface area contributed by atoms with Crippen LogP contribution in [0.4, 0.5) is 4.39 Å². The van der Waals surface area contributed by atoms with Gasteiger partial charge in [0.2, 0.25) is 0 Å². The van der Waals surface area contributed by atoms with Gasteiger partial charge in [0.05, 0.1) is 16.1 Å². The maximum atomic E-state index is 14.4. The van der Waals surface area contributed by atoms with Gasteiger partial charge < -0.3 is 5.32 Å². The Bertz CT molecular complexity index is 1580. The maximum Gasteiger partial charge on any atom is 0.253 e. The number of halogens is 2. The Labute approximate surface area is 220 Å². The molecule has 0 saturated heterocycles. The molecular formula is C30H26ClFN4O. The third-order valence-electron chi connectivity index (χ3n) is 7.85. The van der Waals surface area contributed by atoms with Crippen molar-refractivity contribution in [2.75, 3.05) is 0 Å². The molecule has 0 aliphatic heterocycles. The molecule has 2 aliphatic rings. The number of hydrogen-bond donors (Lipinski definition) is 1. The molecule has 4 aromatic rings. The minimum atomic E-state index is -0.755. The third-order valence-corrected chi connectivity index (χ3v) is 8.16. The zero-order valence-electron chi connectivity index (χ0n) is 20.7. The van der Waals surface area contributed by atoms with Crippen molar-refractivity contribution >= 4 is 23.1 Å². The van der Waals surface area contributed by atoms with Crippen LogP contribution >= 0.6 is 11.6 Å². The average Bonchev–Trinajstić information content (AvgIpc) is 3.53. The quantitative estimate of drug-likeness (QED) is 0.340. The number of nitrogens with one attached hydrogen (secondary N) is 1. The summed E-state index contributed by atoms with van der Waals surface area (Å²) < 4.78 is 16.2. The molecule has 7 heteroatoms. The number of nitrogens with zero attached hydrogens (tertiary/aromatic N) is 3. The van der Waals surface area contributed by atoms with Crippen molar-refractivity contribution in [2.45, 2.75) is 45.1 Å². The molecule has 5 nitrogen and oxygen atoms in total. The van der Waals surface area contributed by atoms with Gasteiger partial charge in [-0.05, 0) is 96.8 Å². The number of amides is 1. The predicted molar refractivity (Wildman–Crippen MR) is 142 cm³/mol. The molecule has 1 atom stereocenters. The van der Waals surface area contributed by atoms with Crippen molar-refractivity contribution < 1.29 is 9.18 Å². The summed E-state index contributed by atoms with van der Waals surface area (Å²) in [7, 11) is 0. The SMILES string of the molecule is Cc1cc2c(cc1C)C1=C(CCC(NC(=O)c3ccc(-n4cnnc4)cc3Cl)(c3cccc(F)c3)C1)C2. The van der Waals surface area contributed by atoms with Crippen LogP contribution in [0.1, 0.15) is 57.4 Å². The van der Waals surface area contributed by atoms with Crippen molar-refractivity contribution in [3.63, 3.8) is 0 Å². The average molecular weight is 513 g/mol. The number of hydrogen-bond acceptors (Lipinski definition) is 3. The summed E-state index contributed by atoms with van der Waals surface area (Å²) in [5, 5.41) is 11.3. The van der Waals surface area contributed by atoms with Crippen LogP contribution in [0.5, 0.6) is 0 Å². The molecule has 3 aromatic carbocycles. The highest BCUT2D eigenvalue weighted by molar-refractivity contribution is 6.34. The van der Waals surface area contributed by atoms with Crippen LogP contribution in [0.15, 0.2) is 72.8 Å². The van der Waals surface area contributed by atoms with E-state index in [1.165, 1.54) is 39.5 Å². The van der Waals surface area contributed by atoms with Crippen LogP contribution in [0.3, 0.4) is 0 Å². The van der Waals surface area contributed by atoms with Gasteiger partial charge in [-0.1, -0.05) is 41.4 Å². The summed E-state index contributed by atoms with van der Waals surface area (Å²) in [5.41, 5.74) is 8.94. The van der Waals surface area contributed by atoms with Crippen LogP contribution in [0, 0.1) is 19.7 Å². The number of aryl methyl sites for hydroxylation is 2. The first kappa shape index (κ1) is 23.6. The Balaban J connectivity index is 1.38. The fraction of sp³-hybridized carbons (Fsp3) is 0.233. The van der Waals surface area contributed by atoms with E-state index in [1.54, 1.807) is 47.6 Å². The minimum absolute atomic E-state index is 0.285. The van der Waals surface area contributed by atoms with E-state index in [2.05, 4.69) is 41.5 Å². The lowest BCUT2D eigenvalue weighted by molar-refractivity contribution is 0.0889. The zero-order chi connectivity index (χ0) is 25.7. The minimum Gasteiger partial charge on any atom is -0.342 e. The lowest BCUT2D eigenvalue weighted by Crippen LogP contribution is -2.47. The summed E-state index contributed by atoms with van der Waals surface area (Å²) in [6.07, 6.45) is 6.20. The first-order chi connectivity index (χ1) is 17.8. The number of rotatable bonds is 4. The smallest absolute Gasteiger partial charge is 0.253 e. The van der Waals surface area contributed by atoms with Crippen molar-refractivity contribution in [3.8, 4) is 5.69 Å². The standard InChI is InChI=1S/C30H26ClFN4O/c1-18-10-21-12-20-8-9-30(22-4-3-5-23(32)13-22,15-27(20)26(21)11-19(18)2)35-29(37)25-7-6-24(14-28(25)31)36-16-33-34-17-36/h3-7,10-11,13-14,16-17H,8-9,12,15H2,1-2H3,(H,35,37). The molecule has 1 N–H and O–H groups in total. The number of carbonyl (C=O) groups is 1. The fourth-order valence-electron chi connectivity index (χ4n) is 5.72. The zero-order valence-corrected chi connectivity index (χ0v) is 21.4. The monoisotopic (exact) mass is 512 g/mol. The molecule has 0 fully saturated rings. The number of carbonyl (C=O) groups excluding carboxylic acids is 1. The molecule has 6 rings (SSSR count). The van der Waals surface area contributed by atoms with Gasteiger partial charge in [-0.2, -0.15) is 0 Å². The normalized spacial score (nSPS) is 18.5. The molecule has 37 heavy (non-hydrogen) atoms. The molecular weight excluding hydrogens is 487 g/mol. The van der Waals surface area contributed by atoms with E-state index < -0.39 is 5.54 Å². The van der Waals surface area contributed by atoms with Gasteiger partial charge in [-0.15, -0.1) is 10.2 Å². The molecule has 1 unspecified atom stereocenters. The van der Waals surface area contributed by atoms with Crippen molar-refractivity contribution in [3.05, 3.63) is 117 Å². The van der Waals surface area contributed by atoms with Crippen molar-refractivity contribution in [2.24, 2.45) is 0 Å². The van der Waals surface area contributed by atoms with Gasteiger partial charge in [0, 0.05) is 12.1 Å². The predicted octanol–water partition coefficient (Wildman–Crippen LogP) is 6.50. The van der Waals surface area contributed by atoms with E-state index >= 15 is 0 Å². The Kier molecular flexibility index (Phi) is 5.72. The van der Waals surface area contributed by atoms with E-state index in [1.807, 2.05) is 6.07 Å². The van der Waals surface area contributed by atoms with Crippen LogP contribution in [0.25, 0.3) is 11.3 Å². The van der Waals surface area contributed by atoms with Crippen molar-refractivity contribution in [1.29, 1.82) is 0 Å². The molecule has 0 spiro atoms. The Morgan fingerprint density at radius 1 is 1.05 bits per heavy atom. The number of aromatic nitrogens is 3. The van der Waals surface area contributed by atoms with Gasteiger partial charge in [-0.25, -0.2) is 4.39 Å². The lowest BCUT2D eigenvalue weighted by Gasteiger charge is -2.40. The third kappa shape index (κ3) is 4.15. The summed E-state index contributed by atoms with van der Waals surface area (Å²) in [6.45, 7) is 4.27. The largest absolute Gasteiger partial charge is 0.342 e. The maximum absolute atomic E-state index is 14.4. The summed E-state index contributed by atoms with van der Waals surface area (Å²) in [6, 6.07) is 16.4. The summed E-state index contributed by atoms with van der Waals surface area (Å²) in [5.74, 6) is -0.604. The molecule has 1 amide bonds. The van der Waals surface area contributed by atoms with E-state index in [4.69, 9.17) is 11.6 Å². The lowest BCUT2D eigenvalue weighted by atomic mass is 9.73. The highest BCUT2D eigenvalue weighted by Crippen LogP contribution is 2.49. The van der Waals surface area contributed by atoms with Gasteiger partial charge in [0.1, 0.15) is 18.5 Å². The van der Waals surface area contributed by atoms with Gasteiger partial charge in [0.15, 0.2) is 0 Å². The summed E-state index contributed by atoms with van der Waals surface area (Å²) >= 11 is 6.58. The molecule has 0 radical (unpaired) electrons. The van der Waals surface area contributed by atoms with E-state index in [-0.39, 0.29) is 11.7 Å². The second-order valence-corrected chi connectivity index (χ2v) is 10.5. The molecule has 1 heterocycles. The fourth-order valence-corrected chi connectivity index (χ4v) is 5.98. The van der Waals surface area contributed by atoms with E-state index in [0.29, 0.717) is 23.4 Å². The summed E-state index contributed by atoms with van der Waals surface area (Å²) in [4.78, 5) is 13.7. The van der Waals surface area contributed by atoms with Crippen LogP contribution < -0.4 is 5.32 Å². The second kappa shape index (κ2) is 8.96. The van der Waals surface area contributed by atoms with Crippen LogP contribution in [-0.4, -0.2) is 20.7 Å². The van der Waals surface area contributed by atoms with Gasteiger partial charge in [-0.3, -0.25) is 9.36 Å². The van der Waals surface area contributed by atoms with Crippen molar-refractivity contribution in [1.82, 2.24) is 20.1 Å². The van der Waals surface area contributed by atoms with Crippen LogP contribution in [-0.2, 0) is 12.0 Å². The van der Waals surface area contributed by atoms with E-state index in [9.17, 15) is 9.18 Å². The topological polar surface area (TPSA) is 59.8 Å².